The first kappa shape index (κ1) is 20.4. The second-order valence-corrected chi connectivity index (χ2v) is 8.79. The standard InChI is InChI=1S/C31H26N2O/c1-23-20-22-33-30(29(23)27-18-11-12-21-32(27)2)34-28-19-10-9-17-26(28)31(33,24-13-5-3-6-14-24)25-15-7-4-8-16-25/h3-22H,1-2H3/q+2. The molecule has 3 heterocycles. The predicted octanol–water partition coefficient (Wildman–Crippen LogP) is 5.72. The lowest BCUT2D eigenvalue weighted by Gasteiger charge is -2.35. The van der Waals surface area contributed by atoms with E-state index in [9.17, 15) is 0 Å². The summed E-state index contributed by atoms with van der Waals surface area (Å²) >= 11 is 0. The highest BCUT2D eigenvalue weighted by atomic mass is 16.5. The van der Waals surface area contributed by atoms with Gasteiger partial charge in [0.15, 0.2) is 18.0 Å². The van der Waals surface area contributed by atoms with Crippen LogP contribution in [-0.4, -0.2) is 0 Å². The molecule has 0 saturated heterocycles. The Morgan fingerprint density at radius 2 is 1.26 bits per heavy atom. The zero-order chi connectivity index (χ0) is 23.1. The van der Waals surface area contributed by atoms with Crippen LogP contribution in [0.5, 0.6) is 11.6 Å². The van der Waals surface area contributed by atoms with Gasteiger partial charge < -0.3 is 4.74 Å². The van der Waals surface area contributed by atoms with E-state index in [0.717, 1.165) is 28.5 Å². The van der Waals surface area contributed by atoms with Gasteiger partial charge in [-0.2, -0.15) is 0 Å². The number of pyridine rings is 2. The van der Waals surface area contributed by atoms with Crippen LogP contribution in [0.2, 0.25) is 0 Å². The normalized spacial score (nSPS) is 13.5. The number of rotatable bonds is 3. The molecule has 0 radical (unpaired) electrons. The van der Waals surface area contributed by atoms with E-state index in [4.69, 9.17) is 4.74 Å². The van der Waals surface area contributed by atoms with Crippen LogP contribution in [0.1, 0.15) is 22.3 Å². The van der Waals surface area contributed by atoms with Gasteiger partial charge in [0.05, 0.1) is 5.56 Å². The van der Waals surface area contributed by atoms with E-state index in [-0.39, 0.29) is 0 Å². The lowest BCUT2D eigenvalue weighted by molar-refractivity contribution is -0.741. The summed E-state index contributed by atoms with van der Waals surface area (Å²) in [6.07, 6.45) is 4.25. The Bertz CT molecular complexity index is 1450. The Morgan fingerprint density at radius 1 is 0.647 bits per heavy atom. The summed E-state index contributed by atoms with van der Waals surface area (Å²) in [5.74, 6) is 1.72. The highest BCUT2D eigenvalue weighted by Crippen LogP contribution is 2.48. The molecule has 6 rings (SSSR count). The summed E-state index contributed by atoms with van der Waals surface area (Å²) in [6, 6.07) is 38.4. The first-order valence-electron chi connectivity index (χ1n) is 11.6. The van der Waals surface area contributed by atoms with Crippen molar-refractivity contribution >= 4 is 0 Å². The SMILES string of the molecule is Cc1cc[n+]2c(c1-c1cccc[n+]1C)Oc1ccccc1C2(c1ccccc1)c1ccccc1. The number of aryl methyl sites for hydroxylation is 2. The summed E-state index contributed by atoms with van der Waals surface area (Å²) in [5, 5.41) is 0. The van der Waals surface area contributed by atoms with Crippen LogP contribution < -0.4 is 13.9 Å². The van der Waals surface area contributed by atoms with Gasteiger partial charge in [0.1, 0.15) is 12.8 Å². The van der Waals surface area contributed by atoms with E-state index in [1.807, 2.05) is 6.07 Å². The summed E-state index contributed by atoms with van der Waals surface area (Å²) in [4.78, 5) is 0. The van der Waals surface area contributed by atoms with Crippen molar-refractivity contribution in [2.24, 2.45) is 7.05 Å². The van der Waals surface area contributed by atoms with Crippen molar-refractivity contribution in [1.29, 1.82) is 0 Å². The van der Waals surface area contributed by atoms with Crippen molar-refractivity contribution in [3.63, 3.8) is 0 Å². The van der Waals surface area contributed by atoms with Gasteiger partial charge in [-0.05, 0) is 30.7 Å². The van der Waals surface area contributed by atoms with Crippen molar-refractivity contribution in [2.75, 3.05) is 0 Å². The summed E-state index contributed by atoms with van der Waals surface area (Å²) < 4.78 is 11.2. The van der Waals surface area contributed by atoms with Gasteiger partial charge in [-0.15, -0.1) is 4.57 Å². The van der Waals surface area contributed by atoms with E-state index < -0.39 is 5.54 Å². The van der Waals surface area contributed by atoms with Crippen LogP contribution in [0.15, 0.2) is 122 Å². The van der Waals surface area contributed by atoms with Gasteiger partial charge in [0, 0.05) is 29.3 Å². The minimum absolute atomic E-state index is 0.581. The molecule has 0 amide bonds. The lowest BCUT2D eigenvalue weighted by atomic mass is 9.75. The minimum Gasteiger partial charge on any atom is -0.404 e. The summed E-state index contributed by atoms with van der Waals surface area (Å²) in [6.45, 7) is 2.15. The van der Waals surface area contributed by atoms with Crippen LogP contribution in [0.4, 0.5) is 0 Å². The summed E-state index contributed by atoms with van der Waals surface area (Å²) in [5.41, 5.74) is 6.29. The minimum atomic E-state index is -0.581. The molecule has 34 heavy (non-hydrogen) atoms. The highest BCUT2D eigenvalue weighted by molar-refractivity contribution is 5.67. The molecule has 0 spiro atoms. The van der Waals surface area contributed by atoms with Crippen molar-refractivity contribution in [3.05, 3.63) is 144 Å². The first-order chi connectivity index (χ1) is 16.7. The lowest BCUT2D eigenvalue weighted by Crippen LogP contribution is -2.61. The fourth-order valence-electron chi connectivity index (χ4n) is 5.29. The number of nitrogens with zero attached hydrogens (tertiary/aromatic N) is 2. The molecule has 0 atom stereocenters. The van der Waals surface area contributed by atoms with Gasteiger partial charge in [-0.3, -0.25) is 0 Å². The Morgan fingerprint density at radius 3 is 1.94 bits per heavy atom. The van der Waals surface area contributed by atoms with Crippen LogP contribution in [-0.2, 0) is 12.6 Å². The highest BCUT2D eigenvalue weighted by Gasteiger charge is 2.54. The summed E-state index contributed by atoms with van der Waals surface area (Å²) in [7, 11) is 2.08. The first-order valence-corrected chi connectivity index (χ1v) is 11.6. The Labute approximate surface area is 200 Å². The zero-order valence-electron chi connectivity index (χ0n) is 19.3. The molecule has 0 bridgehead atoms. The van der Waals surface area contributed by atoms with Crippen molar-refractivity contribution in [3.8, 4) is 22.9 Å². The maximum atomic E-state index is 6.75. The molecule has 164 valence electrons. The molecule has 0 fully saturated rings. The molecule has 1 aliphatic heterocycles. The third kappa shape index (κ3) is 2.90. The molecule has 1 aliphatic rings. The fraction of sp³-hybridized carbons (Fsp3) is 0.0968. The Balaban J connectivity index is 1.80. The molecule has 0 saturated carbocycles. The van der Waals surface area contributed by atoms with Gasteiger partial charge in [-0.1, -0.05) is 72.8 Å². The monoisotopic (exact) mass is 442 g/mol. The van der Waals surface area contributed by atoms with Gasteiger partial charge in [-0.25, -0.2) is 4.57 Å². The number of benzene rings is 3. The molecule has 0 unspecified atom stereocenters. The maximum Gasteiger partial charge on any atom is 0.389 e. The molecule has 0 N–H and O–H groups in total. The molecular weight excluding hydrogens is 416 g/mol. The molecule has 3 heteroatoms. The van der Waals surface area contributed by atoms with E-state index in [1.165, 1.54) is 16.7 Å². The van der Waals surface area contributed by atoms with Gasteiger partial charge >= 0.3 is 5.88 Å². The van der Waals surface area contributed by atoms with Crippen LogP contribution in [0, 0.1) is 6.92 Å². The predicted molar refractivity (Wildman–Crippen MR) is 133 cm³/mol. The average Bonchev–Trinajstić information content (AvgIpc) is 2.89. The number of para-hydroxylation sites is 1. The largest absolute Gasteiger partial charge is 0.404 e. The van der Waals surface area contributed by atoms with E-state index in [0.29, 0.717) is 0 Å². The van der Waals surface area contributed by atoms with Crippen molar-refractivity contribution in [2.45, 2.75) is 12.5 Å². The molecule has 2 aromatic heterocycles. The van der Waals surface area contributed by atoms with E-state index in [2.05, 4.69) is 139 Å². The van der Waals surface area contributed by atoms with E-state index in [1.54, 1.807) is 0 Å². The Hall–Kier alpha value is -4.24. The number of aromatic nitrogens is 2. The van der Waals surface area contributed by atoms with Gasteiger partial charge in [0.25, 0.3) is 5.54 Å². The van der Waals surface area contributed by atoms with Gasteiger partial charge in [0.2, 0.25) is 5.69 Å². The molecule has 3 aromatic carbocycles. The van der Waals surface area contributed by atoms with Crippen LogP contribution >= 0.6 is 0 Å². The second-order valence-electron chi connectivity index (χ2n) is 8.79. The molecule has 0 aliphatic carbocycles. The van der Waals surface area contributed by atoms with Crippen molar-refractivity contribution in [1.82, 2.24) is 0 Å². The average molecular weight is 443 g/mol. The fourth-order valence-corrected chi connectivity index (χ4v) is 5.29. The molecule has 3 nitrogen and oxygen atoms in total. The van der Waals surface area contributed by atoms with Crippen molar-refractivity contribution < 1.29 is 13.9 Å². The van der Waals surface area contributed by atoms with E-state index >= 15 is 0 Å². The van der Waals surface area contributed by atoms with Crippen LogP contribution in [0.3, 0.4) is 0 Å². The third-order valence-corrected chi connectivity index (χ3v) is 6.84. The number of hydrogen-bond donors (Lipinski definition) is 0. The van der Waals surface area contributed by atoms with Crippen LogP contribution in [0.25, 0.3) is 11.3 Å². The number of ether oxygens (including phenoxy) is 1. The number of fused-ring (bicyclic) bond motifs is 2. The zero-order valence-corrected chi connectivity index (χ0v) is 19.3. The molecular formula is C31H26N2O+2. The number of hydrogen-bond acceptors (Lipinski definition) is 1. The maximum absolute atomic E-state index is 6.75. The second kappa shape index (κ2) is 7.96. The topological polar surface area (TPSA) is 17.0 Å². The third-order valence-electron chi connectivity index (χ3n) is 6.84. The quantitative estimate of drug-likeness (QED) is 0.320. The molecule has 5 aromatic rings. The smallest absolute Gasteiger partial charge is 0.389 e. The Kier molecular flexibility index (Phi) is 4.77.